The third-order valence-electron chi connectivity index (χ3n) is 6.02. The summed E-state index contributed by atoms with van der Waals surface area (Å²) in [6, 6.07) is 18.3. The van der Waals surface area contributed by atoms with E-state index in [2.05, 4.69) is 10.6 Å². The number of hydrogen-bond acceptors (Lipinski definition) is 4. The average Bonchev–Trinajstić information content (AvgIpc) is 3.50. The molecule has 1 fully saturated rings. The number of ether oxygens (including phenoxy) is 2. The molecule has 1 saturated carbocycles. The topological polar surface area (TPSA) is 76.7 Å². The molecule has 162 valence electrons. The highest BCUT2D eigenvalue weighted by atomic mass is 35.5. The van der Waals surface area contributed by atoms with Gasteiger partial charge in [-0.3, -0.25) is 9.59 Å². The molecule has 3 aromatic rings. The van der Waals surface area contributed by atoms with Crippen LogP contribution in [0.15, 0.2) is 60.7 Å². The summed E-state index contributed by atoms with van der Waals surface area (Å²) in [6.45, 7) is 0.204. The first kappa shape index (κ1) is 20.4. The van der Waals surface area contributed by atoms with Gasteiger partial charge in [0.15, 0.2) is 11.5 Å². The lowest BCUT2D eigenvalue weighted by Crippen LogP contribution is -2.27. The van der Waals surface area contributed by atoms with Gasteiger partial charge in [0.1, 0.15) is 0 Å². The van der Waals surface area contributed by atoms with E-state index in [0.29, 0.717) is 27.8 Å². The van der Waals surface area contributed by atoms with Crippen LogP contribution in [0.2, 0.25) is 5.02 Å². The molecule has 0 saturated heterocycles. The van der Waals surface area contributed by atoms with Gasteiger partial charge < -0.3 is 20.1 Å². The molecule has 1 heterocycles. The summed E-state index contributed by atoms with van der Waals surface area (Å²) in [5.74, 6) is 1.17. The number of fused-ring (bicyclic) bond motifs is 1. The van der Waals surface area contributed by atoms with Crippen LogP contribution in [0.3, 0.4) is 0 Å². The number of nitrogens with one attached hydrogen (secondary N) is 2. The van der Waals surface area contributed by atoms with Crippen LogP contribution >= 0.6 is 11.6 Å². The predicted molar refractivity (Wildman–Crippen MR) is 122 cm³/mol. The fourth-order valence-electron chi connectivity index (χ4n) is 3.99. The molecule has 0 spiro atoms. The zero-order chi connectivity index (χ0) is 22.3. The van der Waals surface area contributed by atoms with E-state index in [1.807, 2.05) is 36.4 Å². The SMILES string of the molecule is CNC(=O)c1ccc(-c2cc(NC(=O)C3(c4ccc5c(c4)OCO5)CC3)ccc2Cl)cc1. The molecular weight excluding hydrogens is 428 g/mol. The summed E-state index contributed by atoms with van der Waals surface area (Å²) >= 11 is 6.43. The van der Waals surface area contributed by atoms with Crippen molar-refractivity contribution in [2.45, 2.75) is 18.3 Å². The number of rotatable bonds is 5. The van der Waals surface area contributed by atoms with Crippen LogP contribution in [0, 0.1) is 0 Å². The third kappa shape index (κ3) is 3.56. The molecule has 0 radical (unpaired) electrons. The molecule has 0 unspecified atom stereocenters. The van der Waals surface area contributed by atoms with Gasteiger partial charge in [-0.05, 0) is 66.4 Å². The second-order valence-corrected chi connectivity index (χ2v) is 8.36. The monoisotopic (exact) mass is 448 g/mol. The number of benzene rings is 3. The molecule has 32 heavy (non-hydrogen) atoms. The number of carbonyl (C=O) groups excluding carboxylic acids is 2. The molecular formula is C25H21ClN2O4. The van der Waals surface area contributed by atoms with E-state index in [9.17, 15) is 9.59 Å². The minimum atomic E-state index is -0.560. The van der Waals surface area contributed by atoms with Crippen LogP contribution in [0.25, 0.3) is 11.1 Å². The standard InChI is InChI=1S/C25H21ClN2O4/c1-27-23(29)16-4-2-15(3-5-16)19-13-18(7-8-20(19)26)28-24(30)25(10-11-25)17-6-9-21-22(12-17)32-14-31-21/h2-9,12-13H,10-11,14H2,1H3,(H,27,29)(H,28,30). The molecule has 7 heteroatoms. The molecule has 1 aliphatic heterocycles. The van der Waals surface area contributed by atoms with E-state index in [1.165, 1.54) is 0 Å². The highest BCUT2D eigenvalue weighted by molar-refractivity contribution is 6.33. The Kier molecular flexibility index (Phi) is 5.02. The number of hydrogen-bond donors (Lipinski definition) is 2. The molecule has 1 aliphatic carbocycles. The highest BCUT2D eigenvalue weighted by Crippen LogP contribution is 2.51. The summed E-state index contributed by atoms with van der Waals surface area (Å²) in [5, 5.41) is 6.22. The lowest BCUT2D eigenvalue weighted by atomic mass is 9.94. The zero-order valence-corrected chi connectivity index (χ0v) is 18.2. The van der Waals surface area contributed by atoms with Crippen LogP contribution in [-0.4, -0.2) is 25.7 Å². The second kappa shape index (κ2) is 7.88. The summed E-state index contributed by atoms with van der Waals surface area (Å²) in [4.78, 5) is 25.0. The molecule has 3 aromatic carbocycles. The maximum absolute atomic E-state index is 13.2. The fourth-order valence-corrected chi connectivity index (χ4v) is 4.21. The number of amides is 2. The van der Waals surface area contributed by atoms with Crippen molar-refractivity contribution >= 4 is 29.1 Å². The molecule has 2 N–H and O–H groups in total. The lowest BCUT2D eigenvalue weighted by molar-refractivity contribution is -0.118. The molecule has 5 rings (SSSR count). The Morgan fingerprint density at radius 2 is 1.69 bits per heavy atom. The van der Waals surface area contributed by atoms with Gasteiger partial charge in [-0.2, -0.15) is 0 Å². The second-order valence-electron chi connectivity index (χ2n) is 7.96. The van der Waals surface area contributed by atoms with Crippen molar-refractivity contribution in [3.63, 3.8) is 0 Å². The van der Waals surface area contributed by atoms with E-state index >= 15 is 0 Å². The van der Waals surface area contributed by atoms with E-state index in [4.69, 9.17) is 21.1 Å². The van der Waals surface area contributed by atoms with Gasteiger partial charge in [0.2, 0.25) is 12.7 Å². The van der Waals surface area contributed by atoms with Gasteiger partial charge in [0.05, 0.1) is 5.41 Å². The largest absolute Gasteiger partial charge is 0.454 e. The Labute approximate surface area is 190 Å². The fraction of sp³-hybridized carbons (Fsp3) is 0.200. The third-order valence-corrected chi connectivity index (χ3v) is 6.35. The lowest BCUT2D eigenvalue weighted by Gasteiger charge is -2.17. The molecule has 0 aromatic heterocycles. The maximum Gasteiger partial charge on any atom is 0.251 e. The first-order valence-electron chi connectivity index (χ1n) is 10.3. The van der Waals surface area contributed by atoms with Gasteiger partial charge in [-0.15, -0.1) is 0 Å². The Bertz CT molecular complexity index is 1220. The summed E-state index contributed by atoms with van der Waals surface area (Å²) in [5.41, 5.74) is 3.23. The summed E-state index contributed by atoms with van der Waals surface area (Å²) < 4.78 is 10.9. The normalized spacial score (nSPS) is 15.2. The number of carbonyl (C=O) groups is 2. The van der Waals surface area contributed by atoms with Crippen molar-refractivity contribution in [3.05, 3.63) is 76.8 Å². The molecule has 6 nitrogen and oxygen atoms in total. The van der Waals surface area contributed by atoms with Crippen molar-refractivity contribution in [3.8, 4) is 22.6 Å². The van der Waals surface area contributed by atoms with Crippen LogP contribution in [0.5, 0.6) is 11.5 Å². The quantitative estimate of drug-likeness (QED) is 0.589. The van der Waals surface area contributed by atoms with Crippen molar-refractivity contribution in [2.75, 3.05) is 19.2 Å². The van der Waals surface area contributed by atoms with Gasteiger partial charge in [-0.25, -0.2) is 0 Å². The van der Waals surface area contributed by atoms with Gasteiger partial charge >= 0.3 is 0 Å². The van der Waals surface area contributed by atoms with E-state index in [0.717, 1.165) is 29.5 Å². The molecule has 2 amide bonds. The Morgan fingerprint density at radius 3 is 2.41 bits per heavy atom. The number of halogens is 1. The molecule has 2 aliphatic rings. The smallest absolute Gasteiger partial charge is 0.251 e. The number of anilines is 1. The minimum Gasteiger partial charge on any atom is -0.454 e. The summed E-state index contributed by atoms with van der Waals surface area (Å²) in [6.07, 6.45) is 1.56. The van der Waals surface area contributed by atoms with Crippen LogP contribution in [0.1, 0.15) is 28.8 Å². The van der Waals surface area contributed by atoms with Crippen molar-refractivity contribution < 1.29 is 19.1 Å². The van der Waals surface area contributed by atoms with Gasteiger partial charge in [-0.1, -0.05) is 29.8 Å². The van der Waals surface area contributed by atoms with Crippen molar-refractivity contribution in [1.29, 1.82) is 0 Å². The van der Waals surface area contributed by atoms with Crippen LogP contribution < -0.4 is 20.1 Å². The van der Waals surface area contributed by atoms with Crippen LogP contribution in [0.4, 0.5) is 5.69 Å². The minimum absolute atomic E-state index is 0.0559. The Balaban J connectivity index is 1.38. The average molecular weight is 449 g/mol. The van der Waals surface area contributed by atoms with Gasteiger partial charge in [0, 0.05) is 28.9 Å². The maximum atomic E-state index is 13.2. The van der Waals surface area contributed by atoms with Crippen molar-refractivity contribution in [2.24, 2.45) is 0 Å². The first-order chi connectivity index (χ1) is 15.5. The summed E-state index contributed by atoms with van der Waals surface area (Å²) in [7, 11) is 1.59. The molecule has 0 bridgehead atoms. The first-order valence-corrected chi connectivity index (χ1v) is 10.7. The predicted octanol–water partition coefficient (Wildman–Crippen LogP) is 4.77. The van der Waals surface area contributed by atoms with E-state index in [1.54, 1.807) is 31.3 Å². The van der Waals surface area contributed by atoms with Crippen LogP contribution in [-0.2, 0) is 10.2 Å². The Hall–Kier alpha value is -3.51. The van der Waals surface area contributed by atoms with E-state index < -0.39 is 5.41 Å². The van der Waals surface area contributed by atoms with Crippen molar-refractivity contribution in [1.82, 2.24) is 5.32 Å². The van der Waals surface area contributed by atoms with Gasteiger partial charge in [0.25, 0.3) is 5.91 Å². The highest BCUT2D eigenvalue weighted by Gasteiger charge is 2.51. The Morgan fingerprint density at radius 1 is 0.938 bits per heavy atom. The zero-order valence-electron chi connectivity index (χ0n) is 17.4. The van der Waals surface area contributed by atoms with E-state index in [-0.39, 0.29) is 18.6 Å². The molecule has 0 atom stereocenters.